The zero-order valence-electron chi connectivity index (χ0n) is 13.5. The molecule has 8 nitrogen and oxygen atoms in total. The third-order valence-corrected chi connectivity index (χ3v) is 3.52. The molecule has 2 N–H and O–H groups in total. The predicted octanol–water partition coefficient (Wildman–Crippen LogP) is 1.92. The number of aromatic amines is 1. The van der Waals surface area contributed by atoms with Gasteiger partial charge in [0.05, 0.1) is 10.9 Å². The Morgan fingerprint density at radius 3 is 2.67 bits per heavy atom. The number of carbonyl (C=O) groups is 1. The highest BCUT2D eigenvalue weighted by Crippen LogP contribution is 2.15. The number of amides is 1. The molecule has 8 heteroatoms. The summed E-state index contributed by atoms with van der Waals surface area (Å²) < 4.78 is 5.15. The fourth-order valence-electron chi connectivity index (χ4n) is 2.18. The second kappa shape index (κ2) is 6.23. The van der Waals surface area contributed by atoms with Gasteiger partial charge in [0, 0.05) is 5.92 Å². The van der Waals surface area contributed by atoms with Crippen LogP contribution >= 0.6 is 0 Å². The maximum atomic E-state index is 12.3. The van der Waals surface area contributed by atoms with Gasteiger partial charge in [0.15, 0.2) is 11.6 Å². The van der Waals surface area contributed by atoms with Gasteiger partial charge in [0.2, 0.25) is 5.89 Å². The second-order valence-corrected chi connectivity index (χ2v) is 5.77. The molecule has 0 aliphatic rings. The fourth-order valence-corrected chi connectivity index (χ4v) is 2.18. The van der Waals surface area contributed by atoms with E-state index in [0.717, 1.165) is 0 Å². The molecule has 0 spiro atoms. The molecule has 3 aromatic rings. The van der Waals surface area contributed by atoms with Crippen molar-refractivity contribution in [2.45, 2.75) is 32.7 Å². The Kier molecular flexibility index (Phi) is 4.11. The highest BCUT2D eigenvalue weighted by Gasteiger charge is 2.20. The zero-order chi connectivity index (χ0) is 17.3. The molecule has 0 saturated heterocycles. The molecule has 2 heterocycles. The molecule has 0 radical (unpaired) electrons. The van der Waals surface area contributed by atoms with Crippen LogP contribution in [0.1, 0.15) is 55.1 Å². The summed E-state index contributed by atoms with van der Waals surface area (Å²) in [6.07, 6.45) is 0. The minimum atomic E-state index is -0.519. The summed E-state index contributed by atoms with van der Waals surface area (Å²) in [5, 5.41) is 6.98. The van der Waals surface area contributed by atoms with Crippen molar-refractivity contribution in [2.75, 3.05) is 0 Å². The lowest BCUT2D eigenvalue weighted by Crippen LogP contribution is -2.30. The van der Waals surface area contributed by atoms with Crippen molar-refractivity contribution >= 4 is 16.8 Å². The third kappa shape index (κ3) is 3.03. The Hall–Kier alpha value is -3.03. The number of carbonyl (C=O) groups excluding carboxylic acids is 1. The van der Waals surface area contributed by atoms with Crippen molar-refractivity contribution in [1.29, 1.82) is 0 Å². The van der Waals surface area contributed by atoms with Crippen LogP contribution in [-0.2, 0) is 0 Å². The Balaban J connectivity index is 1.82. The van der Waals surface area contributed by atoms with Crippen molar-refractivity contribution in [3.63, 3.8) is 0 Å². The van der Waals surface area contributed by atoms with E-state index >= 15 is 0 Å². The fraction of sp³-hybridized carbons (Fsp3) is 0.312. The Morgan fingerprint density at radius 1 is 1.21 bits per heavy atom. The molecule has 0 saturated carbocycles. The monoisotopic (exact) mass is 327 g/mol. The molecule has 3 rings (SSSR count). The lowest BCUT2D eigenvalue weighted by Gasteiger charge is -2.09. The molecule has 0 aliphatic carbocycles. The maximum absolute atomic E-state index is 12.3. The maximum Gasteiger partial charge on any atom is 0.287 e. The summed E-state index contributed by atoms with van der Waals surface area (Å²) in [6, 6.07) is 6.32. The van der Waals surface area contributed by atoms with Crippen molar-refractivity contribution in [3.8, 4) is 0 Å². The molecule has 1 amide bonds. The number of rotatable bonds is 4. The molecule has 24 heavy (non-hydrogen) atoms. The molecule has 0 aliphatic heterocycles. The van der Waals surface area contributed by atoms with Crippen LogP contribution in [0.4, 0.5) is 0 Å². The number of H-pyrrole nitrogens is 1. The molecular formula is C16H17N5O3. The number of fused-ring (bicyclic) bond motifs is 1. The minimum Gasteiger partial charge on any atom is -0.338 e. The van der Waals surface area contributed by atoms with Gasteiger partial charge in [0.25, 0.3) is 11.5 Å². The summed E-state index contributed by atoms with van der Waals surface area (Å²) >= 11 is 0. The second-order valence-electron chi connectivity index (χ2n) is 5.77. The number of hydrogen-bond acceptors (Lipinski definition) is 6. The largest absolute Gasteiger partial charge is 0.338 e. The number of nitrogens with one attached hydrogen (secondary N) is 2. The van der Waals surface area contributed by atoms with E-state index in [2.05, 4.69) is 25.4 Å². The quantitative estimate of drug-likeness (QED) is 0.756. The van der Waals surface area contributed by atoms with E-state index in [9.17, 15) is 9.59 Å². The van der Waals surface area contributed by atoms with Crippen molar-refractivity contribution in [2.24, 2.45) is 0 Å². The van der Waals surface area contributed by atoms with Gasteiger partial charge in [-0.25, -0.2) is 4.98 Å². The van der Waals surface area contributed by atoms with Crippen LogP contribution in [0, 0.1) is 0 Å². The first-order valence-corrected chi connectivity index (χ1v) is 7.59. The first kappa shape index (κ1) is 15.9. The van der Waals surface area contributed by atoms with Gasteiger partial charge >= 0.3 is 0 Å². The van der Waals surface area contributed by atoms with Gasteiger partial charge in [-0.3, -0.25) is 9.59 Å². The van der Waals surface area contributed by atoms with Crippen LogP contribution in [0.15, 0.2) is 33.6 Å². The van der Waals surface area contributed by atoms with E-state index in [1.165, 1.54) is 0 Å². The molecule has 0 bridgehead atoms. The lowest BCUT2D eigenvalue weighted by atomic mass is 10.2. The summed E-state index contributed by atoms with van der Waals surface area (Å²) in [4.78, 5) is 35.3. The van der Waals surface area contributed by atoms with Crippen LogP contribution in [0.2, 0.25) is 0 Å². The van der Waals surface area contributed by atoms with E-state index < -0.39 is 11.9 Å². The Morgan fingerprint density at radius 2 is 1.96 bits per heavy atom. The number of aromatic nitrogens is 4. The first-order chi connectivity index (χ1) is 11.5. The van der Waals surface area contributed by atoms with Crippen molar-refractivity contribution < 1.29 is 9.32 Å². The van der Waals surface area contributed by atoms with E-state index in [-0.39, 0.29) is 17.3 Å². The van der Waals surface area contributed by atoms with Gasteiger partial charge in [0.1, 0.15) is 6.04 Å². The highest BCUT2D eigenvalue weighted by molar-refractivity contribution is 5.92. The van der Waals surface area contributed by atoms with Gasteiger partial charge in [-0.05, 0) is 19.1 Å². The standard InChI is InChI=1S/C16H17N5O3/c1-8(2)12-20-16(24-21-12)9(3)17-15(23)13-18-11-7-5-4-6-10(11)14(22)19-13/h4-9H,1-3H3,(H,17,23)(H,18,19,22)/t9-/m1/s1. The summed E-state index contributed by atoms with van der Waals surface area (Å²) in [5.74, 6) is 0.422. The van der Waals surface area contributed by atoms with E-state index in [0.29, 0.717) is 22.6 Å². The smallest absolute Gasteiger partial charge is 0.287 e. The minimum absolute atomic E-state index is 0.0610. The molecular weight excluding hydrogens is 310 g/mol. The van der Waals surface area contributed by atoms with Gasteiger partial charge < -0.3 is 14.8 Å². The van der Waals surface area contributed by atoms with E-state index in [4.69, 9.17) is 4.52 Å². The molecule has 124 valence electrons. The van der Waals surface area contributed by atoms with Crippen molar-refractivity contribution in [1.82, 2.24) is 25.4 Å². The topological polar surface area (TPSA) is 114 Å². The molecule has 0 unspecified atom stereocenters. The third-order valence-electron chi connectivity index (χ3n) is 3.52. The van der Waals surface area contributed by atoms with Crippen LogP contribution < -0.4 is 10.9 Å². The summed E-state index contributed by atoms with van der Waals surface area (Å²) in [6.45, 7) is 5.61. The average Bonchev–Trinajstić information content (AvgIpc) is 3.05. The van der Waals surface area contributed by atoms with Crippen LogP contribution in [0.3, 0.4) is 0 Å². The van der Waals surface area contributed by atoms with Gasteiger partial charge in [-0.1, -0.05) is 31.1 Å². The van der Waals surface area contributed by atoms with Gasteiger partial charge in [-0.2, -0.15) is 4.98 Å². The average molecular weight is 327 g/mol. The molecule has 1 atom stereocenters. The van der Waals surface area contributed by atoms with E-state index in [1.807, 2.05) is 13.8 Å². The number of benzene rings is 1. The predicted molar refractivity (Wildman–Crippen MR) is 86.6 cm³/mol. The number of hydrogen-bond donors (Lipinski definition) is 2. The Labute approximate surface area is 137 Å². The van der Waals surface area contributed by atoms with Crippen LogP contribution in [-0.4, -0.2) is 26.0 Å². The number of nitrogens with zero attached hydrogens (tertiary/aromatic N) is 3. The summed E-state index contributed by atoms with van der Waals surface area (Å²) in [5.41, 5.74) is 0.0947. The van der Waals surface area contributed by atoms with Crippen LogP contribution in [0.5, 0.6) is 0 Å². The van der Waals surface area contributed by atoms with Crippen LogP contribution in [0.25, 0.3) is 10.9 Å². The van der Waals surface area contributed by atoms with E-state index in [1.54, 1.807) is 31.2 Å². The lowest BCUT2D eigenvalue weighted by molar-refractivity contribution is 0.0922. The summed E-state index contributed by atoms with van der Waals surface area (Å²) in [7, 11) is 0. The first-order valence-electron chi connectivity index (χ1n) is 7.59. The molecule has 0 fully saturated rings. The molecule has 2 aromatic heterocycles. The SMILES string of the molecule is CC(C)c1noc([C@@H](C)NC(=O)c2nc3ccccc3c(=O)[nH]2)n1. The normalized spacial score (nSPS) is 12.5. The highest BCUT2D eigenvalue weighted by atomic mass is 16.5. The zero-order valence-corrected chi connectivity index (χ0v) is 13.5. The Bertz CT molecular complexity index is 944. The van der Waals surface area contributed by atoms with Gasteiger partial charge in [-0.15, -0.1) is 0 Å². The molecule has 1 aromatic carbocycles. The van der Waals surface area contributed by atoms with Crippen molar-refractivity contribution in [3.05, 3.63) is 52.2 Å². The number of para-hydroxylation sites is 1.